The van der Waals surface area contributed by atoms with Gasteiger partial charge in [-0.3, -0.25) is 4.79 Å². The van der Waals surface area contributed by atoms with Gasteiger partial charge in [-0.05, 0) is 38.6 Å². The molecule has 2 atom stereocenters. The molecule has 6 nitrogen and oxygen atoms in total. The van der Waals surface area contributed by atoms with E-state index >= 15 is 0 Å². The molecule has 0 radical (unpaired) electrons. The molecule has 1 rings (SSSR count). The van der Waals surface area contributed by atoms with Crippen LogP contribution in [-0.4, -0.2) is 52.4 Å². The monoisotopic (exact) mass is 327 g/mol. The number of hydrogen-bond acceptors (Lipinski definition) is 4. The van der Waals surface area contributed by atoms with Crippen molar-refractivity contribution in [3.05, 3.63) is 29.8 Å². The fourth-order valence-corrected chi connectivity index (χ4v) is 2.70. The summed E-state index contributed by atoms with van der Waals surface area (Å²) in [6, 6.07) is 6.63. The second-order valence-corrected chi connectivity index (χ2v) is 7.66. The largest absolute Gasteiger partial charge is 0.354 e. The molecule has 0 bridgehead atoms. The van der Waals surface area contributed by atoms with Crippen molar-refractivity contribution in [2.75, 3.05) is 27.7 Å². The zero-order chi connectivity index (χ0) is 16.9. The van der Waals surface area contributed by atoms with Gasteiger partial charge in [-0.25, -0.2) is 12.7 Å². The Hall–Kier alpha value is -1.44. The van der Waals surface area contributed by atoms with Crippen LogP contribution in [0.5, 0.6) is 0 Å². The molecule has 0 saturated carbocycles. The van der Waals surface area contributed by atoms with Gasteiger partial charge in [-0.15, -0.1) is 0 Å². The van der Waals surface area contributed by atoms with E-state index in [1.165, 1.54) is 26.2 Å². The Morgan fingerprint density at radius 3 is 2.18 bits per heavy atom. The highest BCUT2D eigenvalue weighted by Gasteiger charge is 2.19. The Morgan fingerprint density at radius 1 is 1.18 bits per heavy atom. The summed E-state index contributed by atoms with van der Waals surface area (Å²) in [6.45, 7) is 4.33. The summed E-state index contributed by atoms with van der Waals surface area (Å²) in [5.74, 6) is -0.412. The molecule has 0 spiro atoms. The normalized spacial score (nSPS) is 14.6. The summed E-state index contributed by atoms with van der Waals surface area (Å²) in [4.78, 5) is 12.3. The average molecular weight is 327 g/mol. The van der Waals surface area contributed by atoms with Crippen LogP contribution in [0.25, 0.3) is 0 Å². The number of nitrogens with one attached hydrogen (secondary N) is 2. The summed E-state index contributed by atoms with van der Waals surface area (Å²) in [5, 5.41) is 5.91. The standard InChI is InChI=1S/C15H25N3O3S/c1-11(16-3)10-17-15(19)12(2)13-6-8-14(9-7-13)22(20,21)18(4)5/h6-9,11-12,16H,10H2,1-5H3,(H,17,19). The number of carbonyl (C=O) groups is 1. The maximum absolute atomic E-state index is 12.1. The van der Waals surface area contributed by atoms with Crippen molar-refractivity contribution in [3.63, 3.8) is 0 Å². The van der Waals surface area contributed by atoms with Gasteiger partial charge in [-0.2, -0.15) is 0 Å². The van der Waals surface area contributed by atoms with Crippen molar-refractivity contribution in [1.29, 1.82) is 0 Å². The molecule has 2 N–H and O–H groups in total. The van der Waals surface area contributed by atoms with Gasteiger partial charge in [0.15, 0.2) is 0 Å². The predicted octanol–water partition coefficient (Wildman–Crippen LogP) is 0.765. The summed E-state index contributed by atoms with van der Waals surface area (Å²) < 4.78 is 25.2. The quantitative estimate of drug-likeness (QED) is 0.775. The van der Waals surface area contributed by atoms with Crippen LogP contribution in [-0.2, 0) is 14.8 Å². The lowest BCUT2D eigenvalue weighted by Gasteiger charge is -2.16. The zero-order valence-corrected chi connectivity index (χ0v) is 14.6. The Morgan fingerprint density at radius 2 is 1.73 bits per heavy atom. The Balaban J connectivity index is 2.80. The van der Waals surface area contributed by atoms with Gasteiger partial charge in [0.1, 0.15) is 0 Å². The molecule has 0 aliphatic carbocycles. The third kappa shape index (κ3) is 4.53. The van der Waals surface area contributed by atoms with Crippen LogP contribution in [0.15, 0.2) is 29.2 Å². The van der Waals surface area contributed by atoms with Crippen molar-refractivity contribution in [1.82, 2.24) is 14.9 Å². The number of benzene rings is 1. The van der Waals surface area contributed by atoms with Crippen LogP contribution in [0.4, 0.5) is 0 Å². The van der Waals surface area contributed by atoms with E-state index in [0.29, 0.717) is 6.54 Å². The molecule has 1 aromatic carbocycles. The lowest BCUT2D eigenvalue weighted by atomic mass is 10.0. The van der Waals surface area contributed by atoms with E-state index < -0.39 is 10.0 Å². The molecule has 0 fully saturated rings. The first-order valence-corrected chi connectivity index (χ1v) is 8.61. The van der Waals surface area contributed by atoms with E-state index in [0.717, 1.165) is 9.87 Å². The third-order valence-electron chi connectivity index (χ3n) is 3.63. The maximum atomic E-state index is 12.1. The van der Waals surface area contributed by atoms with Gasteiger partial charge in [-0.1, -0.05) is 12.1 Å². The number of nitrogens with zero attached hydrogens (tertiary/aromatic N) is 1. The molecule has 1 amide bonds. The first-order chi connectivity index (χ1) is 10.2. The van der Waals surface area contributed by atoms with Gasteiger partial charge in [0.05, 0.1) is 10.8 Å². The minimum absolute atomic E-state index is 0.0784. The van der Waals surface area contributed by atoms with Crippen LogP contribution in [0.2, 0.25) is 0 Å². The minimum atomic E-state index is -3.44. The summed E-state index contributed by atoms with van der Waals surface area (Å²) >= 11 is 0. The van der Waals surface area contributed by atoms with Gasteiger partial charge in [0, 0.05) is 26.7 Å². The van der Waals surface area contributed by atoms with Gasteiger partial charge >= 0.3 is 0 Å². The molecule has 7 heteroatoms. The maximum Gasteiger partial charge on any atom is 0.242 e. The SMILES string of the molecule is CNC(C)CNC(=O)C(C)c1ccc(S(=O)(=O)N(C)C)cc1. The Kier molecular flexibility index (Phi) is 6.52. The number of carbonyl (C=O) groups excluding carboxylic acids is 1. The van der Waals surface area contributed by atoms with E-state index in [1.807, 2.05) is 14.0 Å². The van der Waals surface area contributed by atoms with Gasteiger partial charge < -0.3 is 10.6 Å². The number of hydrogen-bond donors (Lipinski definition) is 2. The molecule has 1 aromatic rings. The lowest BCUT2D eigenvalue weighted by molar-refractivity contribution is -0.122. The highest BCUT2D eigenvalue weighted by Crippen LogP contribution is 2.19. The molecule has 0 aliphatic heterocycles. The molecular weight excluding hydrogens is 302 g/mol. The van der Waals surface area contributed by atoms with E-state index in [2.05, 4.69) is 10.6 Å². The van der Waals surface area contributed by atoms with Gasteiger partial charge in [0.2, 0.25) is 15.9 Å². The topological polar surface area (TPSA) is 78.5 Å². The number of likely N-dealkylation sites (N-methyl/N-ethyl adjacent to an activating group) is 1. The van der Waals surface area contributed by atoms with Gasteiger partial charge in [0.25, 0.3) is 0 Å². The highest BCUT2D eigenvalue weighted by molar-refractivity contribution is 7.89. The average Bonchev–Trinajstić information content (AvgIpc) is 2.51. The van der Waals surface area contributed by atoms with E-state index in [1.54, 1.807) is 19.1 Å². The van der Waals surface area contributed by atoms with Crippen LogP contribution in [0, 0.1) is 0 Å². The minimum Gasteiger partial charge on any atom is -0.354 e. The molecule has 0 saturated heterocycles. The fourth-order valence-electron chi connectivity index (χ4n) is 1.80. The second-order valence-electron chi connectivity index (χ2n) is 5.51. The molecule has 124 valence electrons. The van der Waals surface area contributed by atoms with Crippen molar-refractivity contribution in [2.45, 2.75) is 30.7 Å². The van der Waals surface area contributed by atoms with Crippen molar-refractivity contribution in [2.24, 2.45) is 0 Å². The lowest BCUT2D eigenvalue weighted by Crippen LogP contribution is -2.38. The molecule has 2 unspecified atom stereocenters. The third-order valence-corrected chi connectivity index (χ3v) is 5.46. The number of sulfonamides is 1. The van der Waals surface area contributed by atoms with Crippen molar-refractivity contribution >= 4 is 15.9 Å². The van der Waals surface area contributed by atoms with Crippen molar-refractivity contribution < 1.29 is 13.2 Å². The first-order valence-electron chi connectivity index (χ1n) is 7.17. The van der Waals surface area contributed by atoms with E-state index in [9.17, 15) is 13.2 Å². The molecule has 0 heterocycles. The first kappa shape index (κ1) is 18.6. The van der Waals surface area contributed by atoms with Crippen LogP contribution < -0.4 is 10.6 Å². The van der Waals surface area contributed by atoms with Crippen LogP contribution in [0.3, 0.4) is 0 Å². The Labute approximate surface area is 132 Å². The molecule has 0 aliphatic rings. The summed E-state index contributed by atoms with van der Waals surface area (Å²) in [7, 11) is 1.37. The van der Waals surface area contributed by atoms with Crippen LogP contribution in [0.1, 0.15) is 25.3 Å². The van der Waals surface area contributed by atoms with Crippen LogP contribution >= 0.6 is 0 Å². The fraction of sp³-hybridized carbons (Fsp3) is 0.533. The molecule has 0 aromatic heterocycles. The summed E-state index contributed by atoms with van der Waals surface area (Å²) in [5.41, 5.74) is 0.785. The Bertz CT molecular complexity index is 597. The van der Waals surface area contributed by atoms with E-state index in [-0.39, 0.29) is 22.8 Å². The summed E-state index contributed by atoms with van der Waals surface area (Å²) in [6.07, 6.45) is 0. The molecular formula is C15H25N3O3S. The zero-order valence-electron chi connectivity index (χ0n) is 13.8. The number of amides is 1. The van der Waals surface area contributed by atoms with E-state index in [4.69, 9.17) is 0 Å². The number of rotatable bonds is 7. The van der Waals surface area contributed by atoms with Crippen molar-refractivity contribution in [3.8, 4) is 0 Å². The highest BCUT2D eigenvalue weighted by atomic mass is 32.2. The molecule has 22 heavy (non-hydrogen) atoms. The smallest absolute Gasteiger partial charge is 0.242 e. The second kappa shape index (κ2) is 7.71. The predicted molar refractivity (Wildman–Crippen MR) is 87.3 cm³/mol.